The number of amides is 1. The van der Waals surface area contributed by atoms with Gasteiger partial charge in [0.25, 0.3) is 11.7 Å². The Balaban J connectivity index is 1.72. The van der Waals surface area contributed by atoms with Crippen LogP contribution in [-0.4, -0.2) is 79.7 Å². The zero-order chi connectivity index (χ0) is 24.8. The van der Waals surface area contributed by atoms with Gasteiger partial charge < -0.3 is 24.2 Å². The van der Waals surface area contributed by atoms with Gasteiger partial charge in [0.15, 0.2) is 0 Å². The third kappa shape index (κ3) is 5.39. The van der Waals surface area contributed by atoms with E-state index in [2.05, 4.69) is 11.5 Å². The number of carbonyl (C=O) groups is 2. The summed E-state index contributed by atoms with van der Waals surface area (Å²) in [5, 5.41) is 11.2. The molecule has 184 valence electrons. The monoisotopic (exact) mass is 478 g/mol. The fourth-order valence-electron chi connectivity index (χ4n) is 4.36. The number of morpholine rings is 1. The summed E-state index contributed by atoms with van der Waals surface area (Å²) in [5.74, 6) is -0.375. The molecule has 8 heteroatoms. The number of hydrogen-bond donors (Lipinski definition) is 1. The van der Waals surface area contributed by atoms with Crippen LogP contribution in [0.1, 0.15) is 17.2 Å². The molecule has 0 spiro atoms. The van der Waals surface area contributed by atoms with Crippen LogP contribution in [0.3, 0.4) is 0 Å². The van der Waals surface area contributed by atoms with Gasteiger partial charge in [0, 0.05) is 31.7 Å². The average molecular weight is 479 g/mol. The Bertz CT molecular complexity index is 1100. The van der Waals surface area contributed by atoms with Crippen LogP contribution in [-0.2, 0) is 14.3 Å². The molecule has 1 unspecified atom stereocenters. The summed E-state index contributed by atoms with van der Waals surface area (Å²) in [6.45, 7) is 7.80. The minimum absolute atomic E-state index is 0.0602. The Hall–Kier alpha value is -3.62. The first kappa shape index (κ1) is 24.5. The van der Waals surface area contributed by atoms with Crippen molar-refractivity contribution < 1.29 is 28.9 Å². The van der Waals surface area contributed by atoms with Crippen molar-refractivity contribution in [3.05, 3.63) is 77.9 Å². The molecule has 0 aromatic heterocycles. The van der Waals surface area contributed by atoms with Crippen molar-refractivity contribution in [2.75, 3.05) is 53.1 Å². The van der Waals surface area contributed by atoms with Crippen molar-refractivity contribution in [1.29, 1.82) is 0 Å². The molecule has 2 fully saturated rings. The minimum Gasteiger partial charge on any atom is -0.507 e. The van der Waals surface area contributed by atoms with Crippen LogP contribution in [0.5, 0.6) is 11.5 Å². The van der Waals surface area contributed by atoms with Gasteiger partial charge in [-0.2, -0.15) is 0 Å². The number of ether oxygens (including phenoxy) is 3. The van der Waals surface area contributed by atoms with Crippen LogP contribution < -0.4 is 9.47 Å². The summed E-state index contributed by atoms with van der Waals surface area (Å²) in [4.78, 5) is 30.1. The molecule has 2 aromatic rings. The summed E-state index contributed by atoms with van der Waals surface area (Å²) in [7, 11) is 1.53. The molecule has 0 bridgehead atoms. The Morgan fingerprint density at radius 2 is 1.86 bits per heavy atom. The van der Waals surface area contributed by atoms with Gasteiger partial charge in [-0.05, 0) is 29.8 Å². The van der Waals surface area contributed by atoms with Gasteiger partial charge in [0.1, 0.15) is 23.9 Å². The van der Waals surface area contributed by atoms with Gasteiger partial charge in [-0.1, -0.05) is 36.9 Å². The highest BCUT2D eigenvalue weighted by atomic mass is 16.5. The van der Waals surface area contributed by atoms with Crippen LogP contribution in [0.25, 0.3) is 5.76 Å². The van der Waals surface area contributed by atoms with E-state index in [1.807, 2.05) is 12.1 Å². The van der Waals surface area contributed by atoms with Gasteiger partial charge in [0.05, 0.1) is 31.9 Å². The number of methoxy groups -OCH3 is 1. The van der Waals surface area contributed by atoms with E-state index in [0.717, 1.165) is 13.1 Å². The first-order valence-electron chi connectivity index (χ1n) is 11.6. The van der Waals surface area contributed by atoms with E-state index >= 15 is 0 Å². The Morgan fingerprint density at radius 1 is 1.11 bits per heavy atom. The smallest absolute Gasteiger partial charge is 0.295 e. The predicted molar refractivity (Wildman–Crippen MR) is 131 cm³/mol. The predicted octanol–water partition coefficient (Wildman–Crippen LogP) is 3.01. The molecule has 2 saturated heterocycles. The maximum Gasteiger partial charge on any atom is 0.295 e. The number of ketones is 1. The molecule has 1 atom stereocenters. The minimum atomic E-state index is -0.726. The molecule has 2 aromatic carbocycles. The van der Waals surface area contributed by atoms with Crippen molar-refractivity contribution in [3.8, 4) is 11.5 Å². The summed E-state index contributed by atoms with van der Waals surface area (Å²) in [5.41, 5.74) is 1.18. The number of nitrogens with zero attached hydrogens (tertiary/aromatic N) is 2. The number of aliphatic hydroxyl groups excluding tert-OH is 1. The lowest BCUT2D eigenvalue weighted by Gasteiger charge is -2.31. The lowest BCUT2D eigenvalue weighted by Crippen LogP contribution is -2.42. The maximum atomic E-state index is 13.2. The second kappa shape index (κ2) is 11.2. The quantitative estimate of drug-likeness (QED) is 0.257. The number of hydrogen-bond acceptors (Lipinski definition) is 7. The molecule has 1 amide bonds. The van der Waals surface area contributed by atoms with E-state index in [1.54, 1.807) is 47.4 Å². The van der Waals surface area contributed by atoms with Crippen LogP contribution in [0, 0.1) is 0 Å². The van der Waals surface area contributed by atoms with Crippen molar-refractivity contribution in [2.24, 2.45) is 0 Å². The normalized spacial score (nSPS) is 20.1. The average Bonchev–Trinajstić information content (AvgIpc) is 3.16. The first-order chi connectivity index (χ1) is 17.0. The zero-order valence-corrected chi connectivity index (χ0v) is 19.8. The van der Waals surface area contributed by atoms with Crippen molar-refractivity contribution in [1.82, 2.24) is 9.80 Å². The van der Waals surface area contributed by atoms with Crippen LogP contribution in [0.4, 0.5) is 0 Å². The summed E-state index contributed by atoms with van der Waals surface area (Å²) >= 11 is 0. The van der Waals surface area contributed by atoms with Crippen LogP contribution in [0.15, 0.2) is 66.8 Å². The molecular weight excluding hydrogens is 448 g/mol. The SMILES string of the molecule is C=CCOc1ccc(C2C(=C(O)c3cccc(OC)c3)C(=O)C(=O)N2CCN2CCOCC2)cc1. The molecule has 35 heavy (non-hydrogen) atoms. The van der Waals surface area contributed by atoms with Crippen LogP contribution >= 0.6 is 0 Å². The molecule has 2 aliphatic rings. The van der Waals surface area contributed by atoms with E-state index in [0.29, 0.717) is 55.5 Å². The molecular formula is C27H30N2O6. The Labute approximate surface area is 205 Å². The third-order valence-corrected chi connectivity index (χ3v) is 6.21. The Kier molecular flexibility index (Phi) is 7.84. The number of rotatable bonds is 9. The number of likely N-dealkylation sites (tertiary alicyclic amines) is 1. The summed E-state index contributed by atoms with van der Waals surface area (Å²) in [6.07, 6.45) is 1.66. The largest absolute Gasteiger partial charge is 0.507 e. The molecule has 2 heterocycles. The number of Topliss-reactive ketones (excluding diaryl/α,β-unsaturated/α-hetero) is 1. The molecule has 0 aliphatic carbocycles. The summed E-state index contributed by atoms with van der Waals surface area (Å²) in [6, 6.07) is 13.3. The van der Waals surface area contributed by atoms with Crippen LogP contribution in [0.2, 0.25) is 0 Å². The van der Waals surface area contributed by atoms with Gasteiger partial charge in [0.2, 0.25) is 0 Å². The van der Waals surface area contributed by atoms with Gasteiger partial charge in [-0.3, -0.25) is 14.5 Å². The molecule has 4 rings (SSSR count). The fraction of sp³-hybridized carbons (Fsp3) is 0.333. The lowest BCUT2D eigenvalue weighted by molar-refractivity contribution is -0.140. The zero-order valence-electron chi connectivity index (χ0n) is 19.8. The fourth-order valence-corrected chi connectivity index (χ4v) is 4.36. The molecule has 2 aliphatic heterocycles. The van der Waals surface area contributed by atoms with Gasteiger partial charge in [-0.25, -0.2) is 0 Å². The lowest BCUT2D eigenvalue weighted by atomic mass is 9.95. The van der Waals surface area contributed by atoms with Crippen molar-refractivity contribution in [2.45, 2.75) is 6.04 Å². The highest BCUT2D eigenvalue weighted by molar-refractivity contribution is 6.46. The second-order valence-electron chi connectivity index (χ2n) is 8.35. The summed E-state index contributed by atoms with van der Waals surface area (Å²) < 4.78 is 16.3. The van der Waals surface area contributed by atoms with Gasteiger partial charge >= 0.3 is 0 Å². The standard InChI is InChI=1S/C27H30N2O6/c1-3-15-35-21-9-7-19(8-10-21)24-23(25(30)20-5-4-6-22(18-20)33-2)26(31)27(32)29(24)12-11-28-13-16-34-17-14-28/h3-10,18,24,30H,1,11-17H2,2H3. The van der Waals surface area contributed by atoms with E-state index < -0.39 is 17.7 Å². The molecule has 0 saturated carbocycles. The number of benzene rings is 2. The van der Waals surface area contributed by atoms with Gasteiger partial charge in [-0.15, -0.1) is 0 Å². The number of aliphatic hydroxyl groups is 1. The van der Waals surface area contributed by atoms with E-state index in [-0.39, 0.29) is 11.3 Å². The topological polar surface area (TPSA) is 88.5 Å². The van der Waals surface area contributed by atoms with Crippen molar-refractivity contribution in [3.63, 3.8) is 0 Å². The van der Waals surface area contributed by atoms with E-state index in [1.165, 1.54) is 7.11 Å². The number of carbonyl (C=O) groups excluding carboxylic acids is 2. The third-order valence-electron chi connectivity index (χ3n) is 6.21. The molecule has 8 nitrogen and oxygen atoms in total. The van der Waals surface area contributed by atoms with E-state index in [9.17, 15) is 14.7 Å². The Morgan fingerprint density at radius 3 is 2.54 bits per heavy atom. The first-order valence-corrected chi connectivity index (χ1v) is 11.6. The van der Waals surface area contributed by atoms with E-state index in [4.69, 9.17) is 14.2 Å². The molecule has 1 N–H and O–H groups in total. The molecule has 0 radical (unpaired) electrons. The highest BCUT2D eigenvalue weighted by Crippen LogP contribution is 2.40. The highest BCUT2D eigenvalue weighted by Gasteiger charge is 2.46. The van der Waals surface area contributed by atoms with Crippen molar-refractivity contribution >= 4 is 17.4 Å². The second-order valence-corrected chi connectivity index (χ2v) is 8.35. The maximum absolute atomic E-state index is 13.2.